The summed E-state index contributed by atoms with van der Waals surface area (Å²) in [6.07, 6.45) is 9.49. The quantitative estimate of drug-likeness (QED) is 0.743. The van der Waals surface area contributed by atoms with E-state index < -0.39 is 0 Å². The van der Waals surface area contributed by atoms with Crippen LogP contribution < -0.4 is 5.73 Å². The lowest BCUT2D eigenvalue weighted by Crippen LogP contribution is -2.29. The van der Waals surface area contributed by atoms with Crippen molar-refractivity contribution in [3.63, 3.8) is 0 Å². The molecule has 3 heterocycles. The minimum Gasteiger partial charge on any atom is -0.330 e. The van der Waals surface area contributed by atoms with Crippen LogP contribution in [0, 0.1) is 0 Å². The summed E-state index contributed by atoms with van der Waals surface area (Å²) >= 11 is 0. The van der Waals surface area contributed by atoms with Gasteiger partial charge in [0.25, 0.3) is 0 Å². The first-order valence-electron chi connectivity index (χ1n) is 9.57. The van der Waals surface area contributed by atoms with Gasteiger partial charge in [-0.25, -0.2) is 4.98 Å². The monoisotopic (exact) mass is 349 g/mol. The third kappa shape index (κ3) is 3.24. The predicted octanol–water partition coefficient (Wildman–Crippen LogP) is 3.13. The molecule has 0 fully saturated rings. The molecular weight excluding hydrogens is 322 g/mol. The third-order valence-corrected chi connectivity index (χ3v) is 5.43. The van der Waals surface area contributed by atoms with Crippen molar-refractivity contribution in [2.45, 2.75) is 44.7 Å². The highest BCUT2D eigenvalue weighted by Gasteiger charge is 2.26. The summed E-state index contributed by atoms with van der Waals surface area (Å²) in [5, 5.41) is 0. The van der Waals surface area contributed by atoms with E-state index in [4.69, 9.17) is 15.7 Å². The molecule has 0 unspecified atom stereocenters. The Morgan fingerprint density at radius 1 is 1.27 bits per heavy atom. The van der Waals surface area contributed by atoms with Crippen molar-refractivity contribution in [2.24, 2.45) is 5.73 Å². The van der Waals surface area contributed by atoms with Crippen LogP contribution in [-0.4, -0.2) is 32.9 Å². The number of nitrogens with two attached hydrogens (primary N) is 1. The summed E-state index contributed by atoms with van der Waals surface area (Å²) in [5.41, 5.74) is 11.9. The van der Waals surface area contributed by atoms with Gasteiger partial charge in [0.1, 0.15) is 5.65 Å². The SMILES string of the molecule is CN(Cc1nc2ccccn2c1CCCN)[C@H]1CCCc2cccnc21. The smallest absolute Gasteiger partial charge is 0.137 e. The number of rotatable bonds is 6. The Morgan fingerprint density at radius 3 is 3.08 bits per heavy atom. The zero-order valence-corrected chi connectivity index (χ0v) is 15.4. The second-order valence-electron chi connectivity index (χ2n) is 7.20. The highest BCUT2D eigenvalue weighted by atomic mass is 15.2. The van der Waals surface area contributed by atoms with Gasteiger partial charge in [-0.2, -0.15) is 0 Å². The molecule has 0 spiro atoms. The van der Waals surface area contributed by atoms with E-state index in [0.29, 0.717) is 12.6 Å². The van der Waals surface area contributed by atoms with Gasteiger partial charge in [0.15, 0.2) is 0 Å². The summed E-state index contributed by atoms with van der Waals surface area (Å²) < 4.78 is 2.21. The zero-order chi connectivity index (χ0) is 17.9. The van der Waals surface area contributed by atoms with Gasteiger partial charge in [0.05, 0.1) is 17.4 Å². The van der Waals surface area contributed by atoms with Gasteiger partial charge in [0.2, 0.25) is 0 Å². The van der Waals surface area contributed by atoms with Crippen molar-refractivity contribution in [3.05, 3.63) is 65.4 Å². The van der Waals surface area contributed by atoms with Crippen LogP contribution in [-0.2, 0) is 19.4 Å². The van der Waals surface area contributed by atoms with Gasteiger partial charge >= 0.3 is 0 Å². The van der Waals surface area contributed by atoms with Gasteiger partial charge < -0.3 is 10.1 Å². The Kier molecular flexibility index (Phi) is 5.00. The number of pyridine rings is 2. The Bertz CT molecular complexity index is 885. The van der Waals surface area contributed by atoms with Gasteiger partial charge in [-0.15, -0.1) is 0 Å². The van der Waals surface area contributed by atoms with E-state index in [1.54, 1.807) is 0 Å². The first kappa shape index (κ1) is 17.2. The lowest BCUT2D eigenvalue weighted by atomic mass is 9.91. The second-order valence-corrected chi connectivity index (χ2v) is 7.20. The van der Waals surface area contributed by atoms with Crippen LogP contribution in [0.25, 0.3) is 5.65 Å². The maximum absolute atomic E-state index is 5.76. The van der Waals surface area contributed by atoms with E-state index in [1.807, 2.05) is 18.3 Å². The third-order valence-electron chi connectivity index (χ3n) is 5.43. The molecule has 3 aromatic rings. The van der Waals surface area contributed by atoms with Crippen molar-refractivity contribution in [3.8, 4) is 0 Å². The van der Waals surface area contributed by atoms with Crippen LogP contribution >= 0.6 is 0 Å². The van der Waals surface area contributed by atoms with Gasteiger partial charge in [-0.05, 0) is 69.5 Å². The number of fused-ring (bicyclic) bond motifs is 2. The van der Waals surface area contributed by atoms with Crippen LogP contribution in [0.3, 0.4) is 0 Å². The fourth-order valence-electron chi connectivity index (χ4n) is 4.12. The van der Waals surface area contributed by atoms with Crippen LogP contribution in [0.15, 0.2) is 42.7 Å². The van der Waals surface area contributed by atoms with Crippen molar-refractivity contribution in [1.29, 1.82) is 0 Å². The number of imidazole rings is 1. The molecule has 1 atom stereocenters. The van der Waals surface area contributed by atoms with E-state index in [0.717, 1.165) is 43.6 Å². The molecular formula is C21H27N5. The summed E-state index contributed by atoms with van der Waals surface area (Å²) in [4.78, 5) is 12.0. The minimum absolute atomic E-state index is 0.368. The average Bonchev–Trinajstić information content (AvgIpc) is 3.02. The van der Waals surface area contributed by atoms with E-state index in [2.05, 4.69) is 40.7 Å². The van der Waals surface area contributed by atoms with Gasteiger partial charge in [0, 0.05) is 24.6 Å². The zero-order valence-electron chi connectivity index (χ0n) is 15.4. The first-order chi connectivity index (χ1) is 12.8. The standard InChI is InChI=1S/C21H27N5/c1-25(19-9-4-7-16-8-6-13-23-21(16)19)15-17-18(10-5-12-22)26-14-3-2-11-20(26)24-17/h2-3,6,8,11,13-14,19H,4-5,7,9-10,12,15,22H2,1H3/t19-/m0/s1. The summed E-state index contributed by atoms with van der Waals surface area (Å²) in [7, 11) is 2.20. The minimum atomic E-state index is 0.368. The second kappa shape index (κ2) is 7.56. The fourth-order valence-corrected chi connectivity index (χ4v) is 4.12. The molecule has 1 aliphatic carbocycles. The lowest BCUT2D eigenvalue weighted by Gasteiger charge is -2.32. The van der Waals surface area contributed by atoms with E-state index in [-0.39, 0.29) is 0 Å². The lowest BCUT2D eigenvalue weighted by molar-refractivity contribution is 0.206. The van der Waals surface area contributed by atoms with Crippen LogP contribution in [0.5, 0.6) is 0 Å². The fraction of sp³-hybridized carbons (Fsp3) is 0.429. The first-order valence-corrected chi connectivity index (χ1v) is 9.57. The molecule has 0 aromatic carbocycles. The summed E-state index contributed by atoms with van der Waals surface area (Å²) in [5.74, 6) is 0. The number of nitrogens with zero attached hydrogens (tertiary/aromatic N) is 4. The highest BCUT2D eigenvalue weighted by Crippen LogP contribution is 2.33. The van der Waals surface area contributed by atoms with Gasteiger partial charge in [-0.1, -0.05) is 12.1 Å². The van der Waals surface area contributed by atoms with Crippen LogP contribution in [0.1, 0.15) is 47.9 Å². The molecule has 4 rings (SSSR count). The number of aryl methyl sites for hydroxylation is 2. The Balaban J connectivity index is 1.63. The van der Waals surface area contributed by atoms with Crippen LogP contribution in [0.2, 0.25) is 0 Å². The number of hydrogen-bond acceptors (Lipinski definition) is 4. The maximum Gasteiger partial charge on any atom is 0.137 e. The summed E-state index contributed by atoms with van der Waals surface area (Å²) in [6.45, 7) is 1.54. The topological polar surface area (TPSA) is 59.5 Å². The molecule has 0 saturated heterocycles. The molecule has 0 amide bonds. The Morgan fingerprint density at radius 2 is 2.19 bits per heavy atom. The van der Waals surface area contributed by atoms with E-state index in [9.17, 15) is 0 Å². The number of aromatic nitrogens is 3. The molecule has 26 heavy (non-hydrogen) atoms. The number of hydrogen-bond donors (Lipinski definition) is 1. The molecule has 5 heteroatoms. The van der Waals surface area contributed by atoms with Crippen molar-refractivity contribution in [1.82, 2.24) is 19.3 Å². The van der Waals surface area contributed by atoms with Crippen LogP contribution in [0.4, 0.5) is 0 Å². The summed E-state index contributed by atoms with van der Waals surface area (Å²) in [6, 6.07) is 10.8. The molecule has 0 saturated carbocycles. The van der Waals surface area contributed by atoms with Crippen molar-refractivity contribution in [2.75, 3.05) is 13.6 Å². The average molecular weight is 349 g/mol. The van der Waals surface area contributed by atoms with Crippen molar-refractivity contribution < 1.29 is 0 Å². The largest absolute Gasteiger partial charge is 0.330 e. The molecule has 1 aliphatic rings. The Hall–Kier alpha value is -2.24. The van der Waals surface area contributed by atoms with Crippen molar-refractivity contribution >= 4 is 5.65 Å². The predicted molar refractivity (Wildman–Crippen MR) is 104 cm³/mol. The van der Waals surface area contributed by atoms with E-state index >= 15 is 0 Å². The highest BCUT2D eigenvalue weighted by molar-refractivity contribution is 5.43. The Labute approximate surface area is 154 Å². The molecule has 0 radical (unpaired) electrons. The molecule has 0 bridgehead atoms. The maximum atomic E-state index is 5.76. The molecule has 136 valence electrons. The molecule has 0 aliphatic heterocycles. The van der Waals surface area contributed by atoms with E-state index in [1.165, 1.54) is 23.4 Å². The molecule has 3 aromatic heterocycles. The normalized spacial score (nSPS) is 17.0. The molecule has 5 nitrogen and oxygen atoms in total. The van der Waals surface area contributed by atoms with Gasteiger partial charge in [-0.3, -0.25) is 9.88 Å². The molecule has 2 N–H and O–H groups in total.